The van der Waals surface area contributed by atoms with Gasteiger partial charge in [-0.15, -0.1) is 0 Å². The van der Waals surface area contributed by atoms with Gasteiger partial charge in [0.25, 0.3) is 18.0 Å². The number of rotatable bonds is 3. The molecule has 1 amide bonds. The van der Waals surface area contributed by atoms with Crippen molar-refractivity contribution in [1.82, 2.24) is 4.98 Å². The highest BCUT2D eigenvalue weighted by Gasteiger charge is 2.30. The third kappa shape index (κ3) is 2.06. The van der Waals surface area contributed by atoms with Crippen LogP contribution in [-0.2, 0) is 0 Å². The van der Waals surface area contributed by atoms with Crippen LogP contribution >= 0.6 is 11.6 Å². The molecular weight excluding hydrogens is 248 g/mol. The number of aromatic nitrogens is 1. The van der Waals surface area contributed by atoms with Crippen molar-refractivity contribution < 1.29 is 18.5 Å². The SMILES string of the molecule is NC(=O)c1c(Cl)ncc([N+](=O)[O-])c1C(F)F. The van der Waals surface area contributed by atoms with Crippen molar-refractivity contribution >= 4 is 23.2 Å². The number of pyridine rings is 1. The molecule has 0 aliphatic heterocycles. The standard InChI is InChI=1S/C7H4ClF2N3O3/c8-5-4(7(11)14)3(6(9)10)2(1-12-5)13(15)16/h1,6H,(H2,11,14). The van der Waals surface area contributed by atoms with Crippen LogP contribution in [0.5, 0.6) is 0 Å². The van der Waals surface area contributed by atoms with Gasteiger partial charge in [0.2, 0.25) is 0 Å². The number of amides is 1. The van der Waals surface area contributed by atoms with Crippen LogP contribution in [-0.4, -0.2) is 15.8 Å². The first-order valence-electron chi connectivity index (χ1n) is 3.77. The van der Waals surface area contributed by atoms with E-state index in [-0.39, 0.29) is 0 Å². The molecule has 0 radical (unpaired) electrons. The second-order valence-corrected chi connectivity index (χ2v) is 3.00. The van der Waals surface area contributed by atoms with E-state index in [4.69, 9.17) is 17.3 Å². The van der Waals surface area contributed by atoms with Crippen molar-refractivity contribution in [2.24, 2.45) is 5.73 Å². The largest absolute Gasteiger partial charge is 0.365 e. The number of hydrogen-bond donors (Lipinski definition) is 1. The Morgan fingerprint density at radius 1 is 1.62 bits per heavy atom. The number of carbonyl (C=O) groups excluding carboxylic acids is 1. The number of carbonyl (C=O) groups is 1. The molecule has 0 aliphatic carbocycles. The number of nitrogens with zero attached hydrogens (tertiary/aromatic N) is 2. The normalized spacial score (nSPS) is 10.5. The summed E-state index contributed by atoms with van der Waals surface area (Å²) in [4.78, 5) is 23.5. The molecule has 0 saturated carbocycles. The topological polar surface area (TPSA) is 99.1 Å². The summed E-state index contributed by atoms with van der Waals surface area (Å²) >= 11 is 5.38. The fraction of sp³-hybridized carbons (Fsp3) is 0.143. The lowest BCUT2D eigenvalue weighted by Gasteiger charge is -2.07. The van der Waals surface area contributed by atoms with E-state index in [1.165, 1.54) is 0 Å². The van der Waals surface area contributed by atoms with E-state index in [1.807, 2.05) is 0 Å². The molecule has 1 heterocycles. The first kappa shape index (κ1) is 12.2. The van der Waals surface area contributed by atoms with Crippen LogP contribution in [0.1, 0.15) is 22.3 Å². The van der Waals surface area contributed by atoms with Crippen molar-refractivity contribution in [3.8, 4) is 0 Å². The van der Waals surface area contributed by atoms with Crippen LogP contribution in [0.2, 0.25) is 5.15 Å². The first-order valence-corrected chi connectivity index (χ1v) is 4.14. The lowest BCUT2D eigenvalue weighted by molar-refractivity contribution is -0.386. The Morgan fingerprint density at radius 2 is 2.19 bits per heavy atom. The van der Waals surface area contributed by atoms with Gasteiger partial charge in [-0.2, -0.15) is 0 Å². The van der Waals surface area contributed by atoms with Crippen molar-refractivity contribution in [3.05, 3.63) is 32.6 Å². The van der Waals surface area contributed by atoms with E-state index in [2.05, 4.69) is 4.98 Å². The number of primary amides is 1. The highest BCUT2D eigenvalue weighted by molar-refractivity contribution is 6.32. The summed E-state index contributed by atoms with van der Waals surface area (Å²) in [5, 5.41) is 9.86. The van der Waals surface area contributed by atoms with E-state index in [0.717, 1.165) is 0 Å². The fourth-order valence-electron chi connectivity index (χ4n) is 1.09. The van der Waals surface area contributed by atoms with Gasteiger partial charge in [-0.25, -0.2) is 13.8 Å². The van der Waals surface area contributed by atoms with E-state index < -0.39 is 39.2 Å². The smallest absolute Gasteiger partial charge is 0.297 e. The average molecular weight is 252 g/mol. The summed E-state index contributed by atoms with van der Waals surface area (Å²) in [7, 11) is 0. The van der Waals surface area contributed by atoms with E-state index >= 15 is 0 Å². The van der Waals surface area contributed by atoms with Crippen LogP contribution in [0.4, 0.5) is 14.5 Å². The third-order valence-corrected chi connectivity index (χ3v) is 2.00. The number of hydrogen-bond acceptors (Lipinski definition) is 4. The first-order chi connectivity index (χ1) is 7.36. The van der Waals surface area contributed by atoms with Gasteiger partial charge in [0.1, 0.15) is 16.9 Å². The van der Waals surface area contributed by atoms with Crippen LogP contribution in [0.15, 0.2) is 6.20 Å². The Bertz CT molecular complexity index is 466. The summed E-state index contributed by atoms with van der Waals surface area (Å²) < 4.78 is 25.2. The summed E-state index contributed by atoms with van der Waals surface area (Å²) in [6, 6.07) is 0. The zero-order valence-corrected chi connectivity index (χ0v) is 8.24. The molecule has 0 bridgehead atoms. The van der Waals surface area contributed by atoms with Crippen molar-refractivity contribution in [1.29, 1.82) is 0 Å². The number of nitrogens with two attached hydrogens (primary N) is 1. The van der Waals surface area contributed by atoms with Gasteiger partial charge in [0.15, 0.2) is 0 Å². The highest BCUT2D eigenvalue weighted by atomic mass is 35.5. The summed E-state index contributed by atoms with van der Waals surface area (Å²) in [6.45, 7) is 0. The maximum Gasteiger partial charge on any atom is 0.297 e. The van der Waals surface area contributed by atoms with Crippen LogP contribution < -0.4 is 5.73 Å². The molecular formula is C7H4ClF2N3O3. The predicted molar refractivity (Wildman–Crippen MR) is 49.4 cm³/mol. The van der Waals surface area contributed by atoms with Crippen LogP contribution in [0.25, 0.3) is 0 Å². The summed E-state index contributed by atoms with van der Waals surface area (Å²) in [5.74, 6) is -1.29. The molecule has 6 nitrogen and oxygen atoms in total. The predicted octanol–water partition coefficient (Wildman–Crippen LogP) is 1.68. The van der Waals surface area contributed by atoms with Crippen LogP contribution in [0, 0.1) is 10.1 Å². The maximum atomic E-state index is 12.6. The molecule has 86 valence electrons. The second-order valence-electron chi connectivity index (χ2n) is 2.64. The van der Waals surface area contributed by atoms with Crippen molar-refractivity contribution in [2.75, 3.05) is 0 Å². The molecule has 0 atom stereocenters. The van der Waals surface area contributed by atoms with Gasteiger partial charge in [-0.3, -0.25) is 14.9 Å². The lowest BCUT2D eigenvalue weighted by atomic mass is 10.1. The van der Waals surface area contributed by atoms with Crippen molar-refractivity contribution in [3.63, 3.8) is 0 Å². The molecule has 0 aliphatic rings. The van der Waals surface area contributed by atoms with Crippen LogP contribution in [0.3, 0.4) is 0 Å². The molecule has 9 heteroatoms. The number of halogens is 3. The lowest BCUT2D eigenvalue weighted by Crippen LogP contribution is -2.17. The third-order valence-electron chi connectivity index (χ3n) is 1.71. The molecule has 1 rings (SSSR count). The molecule has 1 aromatic rings. The molecule has 2 N–H and O–H groups in total. The minimum absolute atomic E-state index is 0.552. The fourth-order valence-corrected chi connectivity index (χ4v) is 1.34. The van der Waals surface area contributed by atoms with Gasteiger partial charge in [0, 0.05) is 0 Å². The second kappa shape index (κ2) is 4.35. The van der Waals surface area contributed by atoms with Gasteiger partial charge >= 0.3 is 0 Å². The quantitative estimate of drug-likeness (QED) is 0.502. The number of nitro groups is 1. The highest BCUT2D eigenvalue weighted by Crippen LogP contribution is 2.34. The zero-order chi connectivity index (χ0) is 12.5. The van der Waals surface area contributed by atoms with Gasteiger partial charge in [0.05, 0.1) is 10.5 Å². The molecule has 1 aromatic heterocycles. The Hall–Kier alpha value is -1.83. The average Bonchev–Trinajstić information content (AvgIpc) is 2.15. The Kier molecular flexibility index (Phi) is 3.33. The zero-order valence-electron chi connectivity index (χ0n) is 7.49. The molecule has 0 aromatic carbocycles. The van der Waals surface area contributed by atoms with Gasteiger partial charge in [-0.1, -0.05) is 11.6 Å². The van der Waals surface area contributed by atoms with Gasteiger partial charge < -0.3 is 5.73 Å². The van der Waals surface area contributed by atoms with E-state index in [9.17, 15) is 23.7 Å². The molecule has 0 fully saturated rings. The Labute approximate surface area is 92.2 Å². The minimum Gasteiger partial charge on any atom is -0.365 e. The Balaban J connectivity index is 3.63. The maximum absolute atomic E-state index is 12.6. The Morgan fingerprint density at radius 3 is 2.56 bits per heavy atom. The molecule has 0 unspecified atom stereocenters. The van der Waals surface area contributed by atoms with E-state index in [0.29, 0.717) is 6.20 Å². The molecule has 0 spiro atoms. The summed E-state index contributed by atoms with van der Waals surface area (Å²) in [5.41, 5.74) is 1.87. The van der Waals surface area contributed by atoms with E-state index in [1.54, 1.807) is 0 Å². The van der Waals surface area contributed by atoms with Crippen molar-refractivity contribution in [2.45, 2.75) is 6.43 Å². The molecule has 16 heavy (non-hydrogen) atoms. The monoisotopic (exact) mass is 251 g/mol. The minimum atomic E-state index is -3.25. The molecule has 0 saturated heterocycles. The summed E-state index contributed by atoms with van der Waals surface area (Å²) in [6.07, 6.45) is -2.70. The number of alkyl halides is 2. The van der Waals surface area contributed by atoms with Gasteiger partial charge in [-0.05, 0) is 0 Å².